The Kier molecular flexibility index (Phi) is 5.01. The van der Waals surface area contributed by atoms with E-state index < -0.39 is 21.5 Å². The third-order valence-corrected chi connectivity index (χ3v) is 8.51. The van der Waals surface area contributed by atoms with E-state index in [0.29, 0.717) is 47.5 Å². The second-order valence-corrected chi connectivity index (χ2v) is 11.0. The molecule has 1 atom stereocenters. The predicted molar refractivity (Wildman–Crippen MR) is 110 cm³/mol. The van der Waals surface area contributed by atoms with E-state index in [-0.39, 0.29) is 10.0 Å². The zero-order valence-corrected chi connectivity index (χ0v) is 17.9. The molecule has 1 heterocycles. The van der Waals surface area contributed by atoms with Crippen molar-refractivity contribution in [1.82, 2.24) is 4.98 Å². The van der Waals surface area contributed by atoms with Crippen LogP contribution in [0.15, 0.2) is 14.8 Å². The Morgan fingerprint density at radius 1 is 1.24 bits per heavy atom. The van der Waals surface area contributed by atoms with E-state index in [1.807, 2.05) is 0 Å². The van der Waals surface area contributed by atoms with Crippen molar-refractivity contribution >= 4 is 33.0 Å². The van der Waals surface area contributed by atoms with Crippen molar-refractivity contribution in [3.63, 3.8) is 0 Å². The summed E-state index contributed by atoms with van der Waals surface area (Å²) in [7, 11) is -3.52. The first kappa shape index (κ1) is 20.4. The molecule has 2 aromatic rings. The van der Waals surface area contributed by atoms with Crippen LogP contribution in [0.3, 0.4) is 0 Å². The molecule has 1 aromatic carbocycles. The molecule has 2 amide bonds. The van der Waals surface area contributed by atoms with Crippen molar-refractivity contribution < 1.29 is 18.5 Å². The molecule has 29 heavy (non-hydrogen) atoms. The van der Waals surface area contributed by atoms with Crippen LogP contribution in [0.4, 0.5) is 14.9 Å². The monoisotopic (exact) mass is 438 g/mol. The van der Waals surface area contributed by atoms with Gasteiger partial charge in [0.05, 0.1) is 6.20 Å². The van der Waals surface area contributed by atoms with E-state index in [2.05, 4.69) is 14.7 Å². The number of nitrogens with zero attached hydrogens (tertiary/aromatic N) is 2. The van der Waals surface area contributed by atoms with Crippen molar-refractivity contribution in [2.24, 2.45) is 9.50 Å². The zero-order chi connectivity index (χ0) is 21.0. The van der Waals surface area contributed by atoms with Gasteiger partial charge in [0, 0.05) is 5.69 Å². The molecule has 2 aliphatic rings. The van der Waals surface area contributed by atoms with Crippen molar-refractivity contribution in [1.29, 1.82) is 0 Å². The largest absolute Gasteiger partial charge is 0.383 e. The summed E-state index contributed by atoms with van der Waals surface area (Å²) in [6.45, 7) is 3.10. The summed E-state index contributed by atoms with van der Waals surface area (Å²) in [5.41, 5.74) is 2.38. The molecule has 0 saturated carbocycles. The summed E-state index contributed by atoms with van der Waals surface area (Å²) in [6, 6.07) is -0.828. The standard InChI is InChI=1S/C19H23FN4O3S2/c1-19(2,26)17-22-9-14(28-17)29(21,27)24-18(25)23-16-12-7-3-5-10(12)15(20)11-6-4-8-13(11)16/h9,26H,3-8H2,1-2H3,(H3,21,23,24,25,27)/t29-/m0/s1. The highest BCUT2D eigenvalue weighted by atomic mass is 32.2. The van der Waals surface area contributed by atoms with Crippen molar-refractivity contribution in [3.05, 3.63) is 39.3 Å². The average molecular weight is 439 g/mol. The highest BCUT2D eigenvalue weighted by Crippen LogP contribution is 2.41. The lowest BCUT2D eigenvalue weighted by Crippen LogP contribution is -2.18. The molecule has 0 aliphatic heterocycles. The fourth-order valence-corrected chi connectivity index (χ4v) is 6.08. The molecule has 4 N–H and O–H groups in total. The SMILES string of the molecule is CC(C)(O)c1ncc([S@@](N)(=O)=NC(=O)Nc2c3c(c(F)c4c2CCC4)CCC3)s1. The van der Waals surface area contributed by atoms with Crippen LogP contribution < -0.4 is 10.5 Å². The van der Waals surface area contributed by atoms with E-state index in [0.717, 1.165) is 35.3 Å². The van der Waals surface area contributed by atoms with Crippen LogP contribution in [0.25, 0.3) is 0 Å². The first-order valence-electron chi connectivity index (χ1n) is 9.47. The summed E-state index contributed by atoms with van der Waals surface area (Å²) in [4.78, 5) is 16.6. The molecule has 0 fully saturated rings. The topological polar surface area (TPSA) is 118 Å². The van der Waals surface area contributed by atoms with E-state index in [1.165, 1.54) is 6.20 Å². The summed E-state index contributed by atoms with van der Waals surface area (Å²) in [6.07, 6.45) is 5.64. The Morgan fingerprint density at radius 3 is 2.31 bits per heavy atom. The van der Waals surface area contributed by atoms with Gasteiger partial charge in [-0.05, 0) is 74.6 Å². The quantitative estimate of drug-likeness (QED) is 0.680. The number of benzene rings is 1. The molecule has 0 bridgehead atoms. The van der Waals surface area contributed by atoms with Crippen molar-refractivity contribution in [2.75, 3.05) is 5.32 Å². The lowest BCUT2D eigenvalue weighted by molar-refractivity contribution is 0.0783. The number of aliphatic hydroxyl groups is 1. The molecule has 1 aromatic heterocycles. The maximum Gasteiger partial charge on any atom is 0.354 e. The number of thiazole rings is 1. The second-order valence-electron chi connectivity index (χ2n) is 7.94. The number of nitrogens with two attached hydrogens (primary N) is 1. The van der Waals surface area contributed by atoms with Gasteiger partial charge >= 0.3 is 6.03 Å². The highest BCUT2D eigenvalue weighted by molar-refractivity contribution is 7.93. The molecule has 2 aliphatic carbocycles. The van der Waals surface area contributed by atoms with Gasteiger partial charge in [-0.15, -0.1) is 15.7 Å². The molecule has 0 saturated heterocycles. The van der Waals surface area contributed by atoms with Crippen molar-refractivity contribution in [2.45, 2.75) is 62.2 Å². The van der Waals surface area contributed by atoms with E-state index in [1.54, 1.807) is 13.8 Å². The Bertz CT molecular complexity index is 1090. The number of rotatable bonds is 3. The number of urea groups is 1. The van der Waals surface area contributed by atoms with Crippen LogP contribution in [0.5, 0.6) is 0 Å². The Hall–Kier alpha value is -1.88. The first-order chi connectivity index (χ1) is 13.6. The smallest absolute Gasteiger partial charge is 0.354 e. The van der Waals surface area contributed by atoms with Crippen molar-refractivity contribution in [3.8, 4) is 0 Å². The average Bonchev–Trinajstić information content (AvgIpc) is 3.37. The normalized spacial score (nSPS) is 17.6. The molecular weight excluding hydrogens is 415 g/mol. The molecule has 10 heteroatoms. The van der Waals surface area contributed by atoms with Gasteiger partial charge in [-0.3, -0.25) is 0 Å². The Labute approximate surface area is 172 Å². The summed E-state index contributed by atoms with van der Waals surface area (Å²) in [5.74, 6) is -0.133. The first-order valence-corrected chi connectivity index (χ1v) is 11.9. The van der Waals surface area contributed by atoms with Gasteiger partial charge in [0.1, 0.15) is 20.6 Å². The molecule has 156 valence electrons. The summed E-state index contributed by atoms with van der Waals surface area (Å²) in [5, 5.41) is 18.9. The maximum atomic E-state index is 14.8. The van der Waals surface area contributed by atoms with Gasteiger partial charge in [0.25, 0.3) is 0 Å². The van der Waals surface area contributed by atoms with Crippen LogP contribution >= 0.6 is 11.3 Å². The second kappa shape index (κ2) is 7.12. The number of hydrogen-bond donors (Lipinski definition) is 3. The van der Waals surface area contributed by atoms with Gasteiger partial charge in [-0.25, -0.2) is 23.5 Å². The van der Waals surface area contributed by atoms with E-state index in [4.69, 9.17) is 5.14 Å². The number of amides is 2. The minimum Gasteiger partial charge on any atom is -0.383 e. The highest BCUT2D eigenvalue weighted by Gasteiger charge is 2.30. The molecule has 4 rings (SSSR count). The zero-order valence-electron chi connectivity index (χ0n) is 16.2. The number of anilines is 1. The predicted octanol–water partition coefficient (Wildman–Crippen LogP) is 3.42. The van der Waals surface area contributed by atoms with Crippen LogP contribution in [0.2, 0.25) is 0 Å². The molecule has 0 radical (unpaired) electrons. The third kappa shape index (κ3) is 3.70. The lowest BCUT2D eigenvalue weighted by atomic mass is 9.98. The number of halogens is 1. The minimum atomic E-state index is -3.52. The van der Waals surface area contributed by atoms with Gasteiger partial charge in [-0.1, -0.05) is 0 Å². The van der Waals surface area contributed by atoms with Gasteiger partial charge < -0.3 is 10.4 Å². The fourth-order valence-electron chi connectivity index (χ4n) is 4.01. The molecule has 0 spiro atoms. The number of carbonyl (C=O) groups is 1. The minimum absolute atomic E-state index is 0.110. The van der Waals surface area contributed by atoms with E-state index in [9.17, 15) is 18.5 Å². The number of carbonyl (C=O) groups excluding carboxylic acids is 1. The van der Waals surface area contributed by atoms with E-state index >= 15 is 0 Å². The maximum absolute atomic E-state index is 14.8. The molecular formula is C19H23FN4O3S2. The Morgan fingerprint density at radius 2 is 1.79 bits per heavy atom. The summed E-state index contributed by atoms with van der Waals surface area (Å²) < 4.78 is 31.4. The Balaban J connectivity index is 1.67. The number of aromatic nitrogens is 1. The number of fused-ring (bicyclic) bond motifs is 2. The van der Waals surface area contributed by atoms with Crippen LogP contribution in [-0.2, 0) is 41.2 Å². The third-order valence-electron chi connectivity index (χ3n) is 5.32. The number of hydrogen-bond acceptors (Lipinski definition) is 5. The van der Waals surface area contributed by atoms with Crippen LogP contribution in [0, 0.1) is 5.82 Å². The van der Waals surface area contributed by atoms with Gasteiger partial charge in [0.15, 0.2) is 9.92 Å². The fraction of sp³-hybridized carbons (Fsp3) is 0.474. The lowest BCUT2D eigenvalue weighted by Gasteiger charge is -2.16. The van der Waals surface area contributed by atoms with Crippen LogP contribution in [0.1, 0.15) is 54.0 Å². The van der Waals surface area contributed by atoms with Gasteiger partial charge in [-0.2, -0.15) is 0 Å². The summed E-state index contributed by atoms with van der Waals surface area (Å²) >= 11 is 0.952. The number of nitrogens with one attached hydrogen (secondary N) is 1. The molecule has 7 nitrogen and oxygen atoms in total. The van der Waals surface area contributed by atoms with Gasteiger partial charge in [0.2, 0.25) is 0 Å². The molecule has 0 unspecified atom stereocenters. The van der Waals surface area contributed by atoms with Crippen LogP contribution in [-0.4, -0.2) is 20.3 Å².